The molecule has 0 atom stereocenters. The summed E-state index contributed by atoms with van der Waals surface area (Å²) in [5, 5.41) is 4.18. The molecule has 2 rings (SSSR count). The SMILES string of the molecule is COC(=O)C1(N(OCc2ccccc2F)C(C)=O)CCNCC1. The Morgan fingerprint density at radius 2 is 1.96 bits per heavy atom. The van der Waals surface area contributed by atoms with Crippen LogP contribution in [-0.2, 0) is 25.8 Å². The molecular formula is C16H21FN2O4. The molecule has 126 valence electrons. The van der Waals surface area contributed by atoms with Crippen LogP contribution < -0.4 is 5.32 Å². The Labute approximate surface area is 134 Å². The van der Waals surface area contributed by atoms with Crippen LogP contribution in [0.4, 0.5) is 4.39 Å². The van der Waals surface area contributed by atoms with E-state index in [1.165, 1.54) is 20.1 Å². The van der Waals surface area contributed by atoms with Gasteiger partial charge in [0.15, 0.2) is 5.54 Å². The minimum Gasteiger partial charge on any atom is -0.467 e. The Hall–Kier alpha value is -1.99. The molecule has 6 nitrogen and oxygen atoms in total. The van der Waals surface area contributed by atoms with Crippen LogP contribution in [0.1, 0.15) is 25.3 Å². The number of carbonyl (C=O) groups excluding carboxylic acids is 2. The van der Waals surface area contributed by atoms with Crippen molar-refractivity contribution in [2.75, 3.05) is 20.2 Å². The Morgan fingerprint density at radius 3 is 2.52 bits per heavy atom. The summed E-state index contributed by atoms with van der Waals surface area (Å²) in [6, 6.07) is 6.14. The average Bonchev–Trinajstić information content (AvgIpc) is 2.56. The summed E-state index contributed by atoms with van der Waals surface area (Å²) in [5.41, 5.74) is -0.871. The normalized spacial score (nSPS) is 16.7. The first-order valence-corrected chi connectivity index (χ1v) is 7.47. The van der Waals surface area contributed by atoms with Crippen LogP contribution in [0.2, 0.25) is 0 Å². The van der Waals surface area contributed by atoms with E-state index in [0.717, 1.165) is 5.06 Å². The van der Waals surface area contributed by atoms with Gasteiger partial charge >= 0.3 is 5.97 Å². The minimum absolute atomic E-state index is 0.140. The number of nitrogens with zero attached hydrogens (tertiary/aromatic N) is 1. The number of methoxy groups -OCH3 is 1. The smallest absolute Gasteiger partial charge is 0.334 e. The number of rotatable bonds is 5. The van der Waals surface area contributed by atoms with Gasteiger partial charge in [-0.2, -0.15) is 0 Å². The zero-order valence-electron chi connectivity index (χ0n) is 13.3. The van der Waals surface area contributed by atoms with Crippen molar-refractivity contribution in [2.45, 2.75) is 31.9 Å². The van der Waals surface area contributed by atoms with Gasteiger partial charge in [0.25, 0.3) is 0 Å². The lowest BCUT2D eigenvalue weighted by Crippen LogP contribution is -2.61. The number of amides is 1. The predicted octanol–water partition coefficient (Wildman–Crippen LogP) is 1.40. The summed E-state index contributed by atoms with van der Waals surface area (Å²) in [6.45, 7) is 2.29. The fraction of sp³-hybridized carbons (Fsp3) is 0.500. The van der Waals surface area contributed by atoms with E-state index < -0.39 is 23.2 Å². The number of benzene rings is 1. The van der Waals surface area contributed by atoms with Gasteiger partial charge in [0.1, 0.15) is 12.4 Å². The number of hydrogen-bond acceptors (Lipinski definition) is 5. The lowest BCUT2D eigenvalue weighted by atomic mass is 9.87. The third kappa shape index (κ3) is 3.68. The summed E-state index contributed by atoms with van der Waals surface area (Å²) < 4.78 is 18.6. The van der Waals surface area contributed by atoms with Crippen molar-refractivity contribution in [3.05, 3.63) is 35.6 Å². The number of hydroxylamine groups is 2. The fourth-order valence-electron chi connectivity index (χ4n) is 2.79. The molecule has 0 saturated carbocycles. The van der Waals surface area contributed by atoms with Crippen molar-refractivity contribution in [3.8, 4) is 0 Å². The van der Waals surface area contributed by atoms with Gasteiger partial charge in [0.05, 0.1) is 7.11 Å². The highest BCUT2D eigenvalue weighted by Crippen LogP contribution is 2.29. The number of ether oxygens (including phenoxy) is 1. The predicted molar refractivity (Wildman–Crippen MR) is 80.6 cm³/mol. The van der Waals surface area contributed by atoms with E-state index in [-0.39, 0.29) is 6.61 Å². The lowest BCUT2D eigenvalue weighted by molar-refractivity contribution is -0.237. The topological polar surface area (TPSA) is 67.9 Å². The monoisotopic (exact) mass is 324 g/mol. The highest BCUT2D eigenvalue weighted by Gasteiger charge is 2.48. The summed E-state index contributed by atoms with van der Waals surface area (Å²) in [5.74, 6) is -1.37. The van der Waals surface area contributed by atoms with Crippen molar-refractivity contribution in [3.63, 3.8) is 0 Å². The van der Waals surface area contributed by atoms with Crippen molar-refractivity contribution in [2.24, 2.45) is 0 Å². The summed E-state index contributed by atoms with van der Waals surface area (Å²) in [7, 11) is 1.28. The first-order valence-electron chi connectivity index (χ1n) is 7.47. The third-order valence-electron chi connectivity index (χ3n) is 3.98. The van der Waals surface area contributed by atoms with Gasteiger partial charge in [-0.25, -0.2) is 14.2 Å². The third-order valence-corrected chi connectivity index (χ3v) is 3.98. The zero-order chi connectivity index (χ0) is 16.9. The van der Waals surface area contributed by atoms with Gasteiger partial charge < -0.3 is 10.1 Å². The Morgan fingerprint density at radius 1 is 1.30 bits per heavy atom. The molecular weight excluding hydrogens is 303 g/mol. The number of carbonyl (C=O) groups is 2. The minimum atomic E-state index is -1.18. The Kier molecular flexibility index (Phi) is 5.68. The van der Waals surface area contributed by atoms with Gasteiger partial charge in [0.2, 0.25) is 5.91 Å². The van der Waals surface area contributed by atoms with Crippen LogP contribution in [0.25, 0.3) is 0 Å². The molecule has 1 saturated heterocycles. The summed E-state index contributed by atoms with van der Waals surface area (Å²) in [6.07, 6.45) is 0.743. The molecule has 1 heterocycles. The first-order chi connectivity index (χ1) is 11.0. The molecule has 0 bridgehead atoms. The Bertz CT molecular complexity index is 573. The van der Waals surface area contributed by atoms with Crippen molar-refractivity contribution in [1.29, 1.82) is 0 Å². The second-order valence-corrected chi connectivity index (χ2v) is 5.45. The van der Waals surface area contributed by atoms with Crippen LogP contribution >= 0.6 is 0 Å². The molecule has 1 aromatic carbocycles. The molecule has 0 aromatic heterocycles. The molecule has 1 amide bonds. The second kappa shape index (κ2) is 7.52. The highest BCUT2D eigenvalue weighted by molar-refractivity contribution is 5.86. The molecule has 0 radical (unpaired) electrons. The fourth-order valence-corrected chi connectivity index (χ4v) is 2.79. The molecule has 7 heteroatoms. The maximum atomic E-state index is 13.7. The number of piperidine rings is 1. The van der Waals surface area contributed by atoms with Crippen LogP contribution in [0.15, 0.2) is 24.3 Å². The van der Waals surface area contributed by atoms with E-state index in [1.54, 1.807) is 18.2 Å². The van der Waals surface area contributed by atoms with Crippen molar-refractivity contribution >= 4 is 11.9 Å². The molecule has 1 N–H and O–H groups in total. The van der Waals surface area contributed by atoms with E-state index in [1.807, 2.05) is 0 Å². The molecule has 0 unspecified atom stereocenters. The van der Waals surface area contributed by atoms with Crippen molar-refractivity contribution in [1.82, 2.24) is 10.4 Å². The van der Waals surface area contributed by atoms with Crippen molar-refractivity contribution < 1.29 is 23.6 Å². The van der Waals surface area contributed by atoms with Crippen LogP contribution in [-0.4, -0.2) is 42.7 Å². The Balaban J connectivity index is 2.23. The zero-order valence-corrected chi connectivity index (χ0v) is 13.3. The van der Waals surface area contributed by atoms with Gasteiger partial charge in [-0.3, -0.25) is 9.63 Å². The number of esters is 1. The standard InChI is InChI=1S/C16H21FN2O4/c1-12(20)19(23-11-13-5-3-4-6-14(13)17)16(15(21)22-2)7-9-18-10-8-16/h3-6,18H,7-11H2,1-2H3. The molecule has 1 aromatic rings. The van der Waals surface area contributed by atoms with Gasteiger partial charge in [-0.05, 0) is 32.0 Å². The lowest BCUT2D eigenvalue weighted by Gasteiger charge is -2.42. The number of hydrogen-bond donors (Lipinski definition) is 1. The molecule has 1 aliphatic rings. The highest BCUT2D eigenvalue weighted by atomic mass is 19.1. The van der Waals surface area contributed by atoms with E-state index in [0.29, 0.717) is 31.5 Å². The van der Waals surface area contributed by atoms with Gasteiger partial charge in [-0.1, -0.05) is 18.2 Å². The molecule has 1 aliphatic heterocycles. The van der Waals surface area contributed by atoms with E-state index >= 15 is 0 Å². The maximum absolute atomic E-state index is 13.7. The first kappa shape index (κ1) is 17.4. The molecule has 0 aliphatic carbocycles. The van der Waals surface area contributed by atoms with Gasteiger partial charge in [0, 0.05) is 12.5 Å². The van der Waals surface area contributed by atoms with Crippen LogP contribution in [0, 0.1) is 5.82 Å². The quantitative estimate of drug-likeness (QED) is 0.655. The van der Waals surface area contributed by atoms with E-state index in [4.69, 9.17) is 9.57 Å². The maximum Gasteiger partial charge on any atom is 0.334 e. The molecule has 23 heavy (non-hydrogen) atoms. The number of nitrogens with one attached hydrogen (secondary N) is 1. The van der Waals surface area contributed by atoms with E-state index in [2.05, 4.69) is 5.32 Å². The number of halogens is 1. The molecule has 1 fully saturated rings. The van der Waals surface area contributed by atoms with Crippen LogP contribution in [0.5, 0.6) is 0 Å². The van der Waals surface area contributed by atoms with E-state index in [9.17, 15) is 14.0 Å². The largest absolute Gasteiger partial charge is 0.467 e. The van der Waals surface area contributed by atoms with Crippen LogP contribution in [0.3, 0.4) is 0 Å². The summed E-state index contributed by atoms with van der Waals surface area (Å²) >= 11 is 0. The molecule has 0 spiro atoms. The average molecular weight is 324 g/mol. The summed E-state index contributed by atoms with van der Waals surface area (Å²) in [4.78, 5) is 29.9. The van der Waals surface area contributed by atoms with Gasteiger partial charge in [-0.15, -0.1) is 0 Å². The second-order valence-electron chi connectivity index (χ2n) is 5.45.